The highest BCUT2D eigenvalue weighted by Crippen LogP contribution is 2.42. The summed E-state index contributed by atoms with van der Waals surface area (Å²) in [6.07, 6.45) is 2.06. The van der Waals surface area contributed by atoms with Crippen LogP contribution in [0.5, 0.6) is 0 Å². The lowest BCUT2D eigenvalue weighted by atomic mass is 10.1. The van der Waals surface area contributed by atoms with Crippen molar-refractivity contribution in [3.63, 3.8) is 0 Å². The van der Waals surface area contributed by atoms with E-state index in [1.54, 1.807) is 0 Å². The van der Waals surface area contributed by atoms with Gasteiger partial charge in [0.25, 0.3) is 0 Å². The molecule has 1 N–H and O–H groups in total. The summed E-state index contributed by atoms with van der Waals surface area (Å²) in [5.41, 5.74) is 1.26. The van der Waals surface area contributed by atoms with Crippen LogP contribution in [-0.4, -0.2) is 16.0 Å². The maximum atomic E-state index is 13.4. The fraction of sp³-hybridized carbons (Fsp3) is 0.231. The zero-order chi connectivity index (χ0) is 12.5. The lowest BCUT2D eigenvalue weighted by Crippen LogP contribution is -2.08. The molecule has 1 aromatic carbocycles. The first-order valence-corrected chi connectivity index (χ1v) is 6.11. The van der Waals surface area contributed by atoms with E-state index in [1.165, 1.54) is 5.56 Å². The maximum Gasteiger partial charge on any atom is 0.224 e. The average molecular weight is 264 g/mol. The molecule has 0 aliphatic heterocycles. The van der Waals surface area contributed by atoms with Gasteiger partial charge in [-0.25, -0.2) is 9.37 Å². The minimum atomic E-state index is -0.474. The van der Waals surface area contributed by atoms with Gasteiger partial charge in [0.15, 0.2) is 11.6 Å². The lowest BCUT2D eigenvalue weighted by Gasteiger charge is -2.06. The second kappa shape index (κ2) is 4.53. The van der Waals surface area contributed by atoms with Crippen LogP contribution in [0.1, 0.15) is 17.9 Å². The van der Waals surface area contributed by atoms with Gasteiger partial charge in [-0.2, -0.15) is 4.98 Å². The summed E-state index contributed by atoms with van der Waals surface area (Å²) in [5, 5.41) is 3.11. The molecule has 1 fully saturated rings. The van der Waals surface area contributed by atoms with Gasteiger partial charge in [0.1, 0.15) is 0 Å². The normalized spacial score (nSPS) is 21.7. The number of hydrogen-bond donors (Lipinski definition) is 1. The van der Waals surface area contributed by atoms with E-state index in [0.717, 1.165) is 12.6 Å². The van der Waals surface area contributed by atoms with Crippen molar-refractivity contribution in [1.82, 2.24) is 9.97 Å². The van der Waals surface area contributed by atoms with Crippen LogP contribution in [0.3, 0.4) is 0 Å². The van der Waals surface area contributed by atoms with E-state index in [2.05, 4.69) is 27.4 Å². The van der Waals surface area contributed by atoms with Gasteiger partial charge in [0.2, 0.25) is 5.28 Å². The molecule has 0 radical (unpaired) electrons. The molecular formula is C13H11ClFN3. The van der Waals surface area contributed by atoms with E-state index in [0.29, 0.717) is 5.92 Å². The molecule has 1 heterocycles. The Morgan fingerprint density at radius 3 is 2.83 bits per heavy atom. The van der Waals surface area contributed by atoms with Gasteiger partial charge in [-0.05, 0) is 23.6 Å². The quantitative estimate of drug-likeness (QED) is 0.864. The molecule has 0 saturated heterocycles. The molecule has 5 heteroatoms. The van der Waals surface area contributed by atoms with Gasteiger partial charge in [-0.3, -0.25) is 0 Å². The molecular weight excluding hydrogens is 253 g/mol. The maximum absolute atomic E-state index is 13.4. The van der Waals surface area contributed by atoms with Gasteiger partial charge < -0.3 is 5.32 Å². The highest BCUT2D eigenvalue weighted by atomic mass is 35.5. The van der Waals surface area contributed by atoms with Crippen molar-refractivity contribution in [1.29, 1.82) is 0 Å². The molecule has 2 aromatic rings. The molecule has 0 bridgehead atoms. The number of nitrogens with zero attached hydrogens (tertiary/aromatic N) is 2. The van der Waals surface area contributed by atoms with E-state index in [1.807, 2.05) is 18.2 Å². The molecule has 1 aromatic heterocycles. The zero-order valence-electron chi connectivity index (χ0n) is 9.48. The van der Waals surface area contributed by atoms with Crippen molar-refractivity contribution in [3.05, 3.63) is 53.2 Å². The van der Waals surface area contributed by atoms with E-state index in [4.69, 9.17) is 11.6 Å². The van der Waals surface area contributed by atoms with Crippen LogP contribution in [0.4, 0.5) is 10.2 Å². The summed E-state index contributed by atoms with van der Waals surface area (Å²) in [4.78, 5) is 7.43. The lowest BCUT2D eigenvalue weighted by molar-refractivity contribution is 0.616. The summed E-state index contributed by atoms with van der Waals surface area (Å²) in [6.45, 7) is 0. The number of aromatic nitrogens is 2. The minimum Gasteiger partial charge on any atom is -0.364 e. The summed E-state index contributed by atoms with van der Waals surface area (Å²) in [6, 6.07) is 10.4. The molecule has 2 atom stereocenters. The average Bonchev–Trinajstić information content (AvgIpc) is 3.14. The number of benzene rings is 1. The number of hydrogen-bond acceptors (Lipinski definition) is 3. The minimum absolute atomic E-state index is 0.0517. The van der Waals surface area contributed by atoms with Crippen molar-refractivity contribution in [2.75, 3.05) is 5.32 Å². The Balaban J connectivity index is 1.71. The van der Waals surface area contributed by atoms with Crippen molar-refractivity contribution in [2.24, 2.45) is 0 Å². The fourth-order valence-corrected chi connectivity index (χ4v) is 2.18. The predicted molar refractivity (Wildman–Crippen MR) is 68.2 cm³/mol. The van der Waals surface area contributed by atoms with Crippen LogP contribution in [0, 0.1) is 5.82 Å². The Labute approximate surface area is 109 Å². The Kier molecular flexibility index (Phi) is 2.88. The van der Waals surface area contributed by atoms with Gasteiger partial charge in [-0.15, -0.1) is 0 Å². The summed E-state index contributed by atoms with van der Waals surface area (Å²) in [7, 11) is 0. The van der Waals surface area contributed by atoms with Crippen molar-refractivity contribution in [2.45, 2.75) is 18.4 Å². The molecule has 3 nitrogen and oxygen atoms in total. The van der Waals surface area contributed by atoms with E-state index >= 15 is 0 Å². The predicted octanol–water partition coefficient (Wildman–Crippen LogP) is 3.24. The summed E-state index contributed by atoms with van der Waals surface area (Å²) < 4.78 is 13.4. The third-order valence-electron chi connectivity index (χ3n) is 3.05. The molecule has 18 heavy (non-hydrogen) atoms. The number of rotatable bonds is 3. The van der Waals surface area contributed by atoms with E-state index in [-0.39, 0.29) is 17.1 Å². The Hall–Kier alpha value is -1.68. The van der Waals surface area contributed by atoms with Crippen LogP contribution < -0.4 is 5.32 Å². The second-order valence-electron chi connectivity index (χ2n) is 4.34. The molecule has 1 aliphatic rings. The van der Waals surface area contributed by atoms with Gasteiger partial charge in [0, 0.05) is 12.0 Å². The molecule has 0 spiro atoms. The van der Waals surface area contributed by atoms with Crippen molar-refractivity contribution >= 4 is 17.4 Å². The smallest absolute Gasteiger partial charge is 0.224 e. The highest BCUT2D eigenvalue weighted by molar-refractivity contribution is 6.28. The van der Waals surface area contributed by atoms with Crippen molar-refractivity contribution in [3.8, 4) is 0 Å². The molecule has 1 aliphatic carbocycles. The van der Waals surface area contributed by atoms with Crippen LogP contribution in [0.25, 0.3) is 0 Å². The van der Waals surface area contributed by atoms with Crippen LogP contribution in [0.2, 0.25) is 5.28 Å². The Morgan fingerprint density at radius 1 is 1.28 bits per heavy atom. The zero-order valence-corrected chi connectivity index (χ0v) is 10.2. The van der Waals surface area contributed by atoms with Gasteiger partial charge in [0.05, 0.1) is 6.20 Å². The molecule has 0 amide bonds. The number of anilines is 1. The molecule has 2 unspecified atom stereocenters. The fourth-order valence-electron chi connectivity index (χ4n) is 2.05. The first-order chi connectivity index (χ1) is 8.74. The topological polar surface area (TPSA) is 37.8 Å². The third kappa shape index (κ3) is 2.29. The first-order valence-electron chi connectivity index (χ1n) is 5.73. The second-order valence-corrected chi connectivity index (χ2v) is 4.68. The van der Waals surface area contributed by atoms with E-state index < -0.39 is 5.82 Å². The Morgan fingerprint density at radius 2 is 2.06 bits per heavy atom. The molecule has 3 rings (SSSR count). The highest BCUT2D eigenvalue weighted by Gasteiger charge is 2.38. The van der Waals surface area contributed by atoms with Crippen molar-refractivity contribution < 1.29 is 4.39 Å². The van der Waals surface area contributed by atoms with Crippen LogP contribution >= 0.6 is 11.6 Å². The summed E-state index contributed by atoms with van der Waals surface area (Å²) in [5.74, 6) is 0.121. The van der Waals surface area contributed by atoms with Crippen LogP contribution in [0.15, 0.2) is 36.5 Å². The molecule has 1 saturated carbocycles. The Bertz CT molecular complexity index is 561. The van der Waals surface area contributed by atoms with Gasteiger partial charge >= 0.3 is 0 Å². The third-order valence-corrected chi connectivity index (χ3v) is 3.24. The first kappa shape index (κ1) is 11.4. The largest absolute Gasteiger partial charge is 0.364 e. The molecule has 92 valence electrons. The van der Waals surface area contributed by atoms with E-state index in [9.17, 15) is 4.39 Å². The standard InChI is InChI=1S/C13H11ClFN3/c14-13-16-7-10(15)12(18-13)17-11-6-9(11)8-4-2-1-3-5-8/h1-5,7,9,11H,6H2,(H,16,17,18). The van der Waals surface area contributed by atoms with Gasteiger partial charge in [-0.1, -0.05) is 30.3 Å². The summed E-state index contributed by atoms with van der Waals surface area (Å²) >= 11 is 5.65. The monoisotopic (exact) mass is 263 g/mol. The number of halogens is 2. The number of nitrogens with one attached hydrogen (secondary N) is 1. The SMILES string of the molecule is Fc1cnc(Cl)nc1NC1CC1c1ccccc1. The van der Waals surface area contributed by atoms with Crippen LogP contribution in [-0.2, 0) is 0 Å².